The minimum atomic E-state index is 0.644. The summed E-state index contributed by atoms with van der Waals surface area (Å²) in [6.07, 6.45) is 9.37. The lowest BCUT2D eigenvalue weighted by Crippen LogP contribution is -2.03. The number of fused-ring (bicyclic) bond motifs is 15. The van der Waals surface area contributed by atoms with E-state index in [-0.39, 0.29) is 0 Å². The second-order valence-corrected chi connectivity index (χ2v) is 17.3. The highest BCUT2D eigenvalue weighted by molar-refractivity contribution is 7.26. The van der Waals surface area contributed by atoms with Crippen molar-refractivity contribution in [2.45, 2.75) is 6.42 Å². The van der Waals surface area contributed by atoms with Crippen molar-refractivity contribution in [2.75, 3.05) is 6.54 Å². The van der Waals surface area contributed by atoms with E-state index in [1.165, 1.54) is 20.2 Å². The number of aromatic nitrogens is 11. The fraction of sp³-hybridized carbons (Fsp3) is 0.0400. The lowest BCUT2D eigenvalue weighted by Gasteiger charge is -2.12. The van der Waals surface area contributed by atoms with Crippen LogP contribution in [0.2, 0.25) is 0 Å². The highest BCUT2D eigenvalue weighted by Gasteiger charge is 2.25. The second kappa shape index (κ2) is 12.9. The van der Waals surface area contributed by atoms with E-state index in [0.717, 1.165) is 106 Å². The van der Waals surface area contributed by atoms with Gasteiger partial charge in [-0.3, -0.25) is 0 Å². The molecule has 1 aliphatic heterocycles. The minimum Gasteiger partial charge on any atom is -0.454 e. The van der Waals surface area contributed by atoms with E-state index in [2.05, 4.69) is 156 Å². The van der Waals surface area contributed by atoms with E-state index >= 15 is 0 Å². The Morgan fingerprint density at radius 2 is 1.28 bits per heavy atom. The first kappa shape index (κ1) is 34.7. The van der Waals surface area contributed by atoms with Crippen LogP contribution in [-0.4, -0.2) is 61.0 Å². The summed E-state index contributed by atoms with van der Waals surface area (Å²) in [7, 11) is 0. The standard InChI is InChI=1S/C50H27N13OS/c1-2-6-36-29(4-1)32-20-26(31-22-28(23-34-35-24-55-56-25-43(35)64-49(31)34)62-40-14-18-53-59-47(40)48-41(62)15-19-54-60-48)8-10-37(32)63(36)42-7-3-5-30-33-21-27(9-11-44(33)65-50(30)42)61-38-12-16-51-57-45(38)46-39(61)13-17-52-58-46/h1-12,14-16,18-25H,13,17H2. The maximum atomic E-state index is 6.64. The van der Waals surface area contributed by atoms with Crippen molar-refractivity contribution in [1.29, 1.82) is 0 Å². The van der Waals surface area contributed by atoms with Gasteiger partial charge in [-0.05, 0) is 78.4 Å². The van der Waals surface area contributed by atoms with Gasteiger partial charge in [-0.1, -0.05) is 36.4 Å². The summed E-state index contributed by atoms with van der Waals surface area (Å²) in [5, 5.41) is 49.7. The number of rotatable bonds is 4. The largest absolute Gasteiger partial charge is 0.454 e. The Labute approximate surface area is 368 Å². The smallest absolute Gasteiger partial charge is 0.157 e. The van der Waals surface area contributed by atoms with Gasteiger partial charge in [0.2, 0.25) is 0 Å². The molecule has 0 aliphatic carbocycles. The van der Waals surface area contributed by atoms with E-state index in [1.54, 1.807) is 31.0 Å². The zero-order valence-electron chi connectivity index (χ0n) is 33.8. The first-order chi connectivity index (χ1) is 32.2. The highest BCUT2D eigenvalue weighted by Crippen LogP contribution is 2.45. The average Bonchev–Trinajstić information content (AvgIpc) is 4.17. The first-order valence-electron chi connectivity index (χ1n) is 21.1. The predicted octanol–water partition coefficient (Wildman–Crippen LogP) is 11.6. The van der Waals surface area contributed by atoms with Crippen LogP contribution >= 0.6 is 11.3 Å². The van der Waals surface area contributed by atoms with Crippen molar-refractivity contribution >= 4 is 114 Å². The van der Waals surface area contributed by atoms with E-state index in [4.69, 9.17) is 4.42 Å². The number of nitrogens with zero attached hydrogens (tertiary/aromatic N) is 13. The summed E-state index contributed by atoms with van der Waals surface area (Å²) in [5.74, 6) is 0. The van der Waals surface area contributed by atoms with E-state index < -0.39 is 0 Å². The molecular formula is C50H27N13OS. The molecule has 0 unspecified atom stereocenters. The van der Waals surface area contributed by atoms with Crippen molar-refractivity contribution < 1.29 is 4.42 Å². The van der Waals surface area contributed by atoms with Gasteiger partial charge < -0.3 is 18.1 Å². The van der Waals surface area contributed by atoms with Crippen LogP contribution in [0.15, 0.2) is 155 Å². The monoisotopic (exact) mass is 857 g/mol. The van der Waals surface area contributed by atoms with Crippen molar-refractivity contribution in [3.05, 3.63) is 146 Å². The average molecular weight is 858 g/mol. The van der Waals surface area contributed by atoms with Crippen molar-refractivity contribution in [1.82, 2.24) is 54.5 Å². The summed E-state index contributed by atoms with van der Waals surface area (Å²) >= 11 is 1.82. The molecule has 10 heterocycles. The van der Waals surface area contributed by atoms with Crippen molar-refractivity contribution in [3.63, 3.8) is 0 Å². The molecule has 0 spiro atoms. The summed E-state index contributed by atoms with van der Waals surface area (Å²) in [6, 6.07) is 39.1. The molecule has 14 nitrogen and oxygen atoms in total. The van der Waals surface area contributed by atoms with Gasteiger partial charge in [-0.2, -0.15) is 35.7 Å². The molecule has 1 aliphatic rings. The lowest BCUT2D eigenvalue weighted by atomic mass is 9.99. The molecule has 0 bridgehead atoms. The Hall–Kier alpha value is -8.82. The van der Waals surface area contributed by atoms with E-state index in [1.807, 2.05) is 29.5 Å². The van der Waals surface area contributed by atoms with Gasteiger partial charge in [0.25, 0.3) is 0 Å². The molecule has 0 fully saturated rings. The van der Waals surface area contributed by atoms with Crippen LogP contribution in [0.3, 0.4) is 0 Å². The third-order valence-electron chi connectivity index (χ3n) is 12.9. The molecule has 15 rings (SSSR count). The van der Waals surface area contributed by atoms with Crippen LogP contribution in [0.4, 0.5) is 5.69 Å². The Kier molecular flexibility index (Phi) is 6.88. The van der Waals surface area contributed by atoms with E-state index in [9.17, 15) is 0 Å². The molecule has 304 valence electrons. The zero-order valence-corrected chi connectivity index (χ0v) is 34.6. The number of para-hydroxylation sites is 1. The van der Waals surface area contributed by atoms with Gasteiger partial charge in [0.15, 0.2) is 5.58 Å². The Morgan fingerprint density at radius 3 is 2.14 bits per heavy atom. The lowest BCUT2D eigenvalue weighted by molar-refractivity contribution is 0.666. The first-order valence-corrected chi connectivity index (χ1v) is 21.9. The normalized spacial score (nSPS) is 13.0. The van der Waals surface area contributed by atoms with Gasteiger partial charge in [-0.15, -0.1) is 26.6 Å². The van der Waals surface area contributed by atoms with Crippen molar-refractivity contribution in [2.24, 2.45) is 10.2 Å². The van der Waals surface area contributed by atoms with Crippen LogP contribution in [-0.2, 0) is 6.42 Å². The fourth-order valence-electron chi connectivity index (χ4n) is 10.2. The molecule has 0 radical (unpaired) electrons. The molecule has 0 saturated heterocycles. The quantitative estimate of drug-likeness (QED) is 0.168. The van der Waals surface area contributed by atoms with Gasteiger partial charge in [0, 0.05) is 55.0 Å². The van der Waals surface area contributed by atoms with Gasteiger partial charge in [0.05, 0.1) is 86.6 Å². The molecule has 0 atom stereocenters. The van der Waals surface area contributed by atoms with Crippen LogP contribution in [0.25, 0.3) is 125 Å². The summed E-state index contributed by atoms with van der Waals surface area (Å²) in [5.41, 5.74) is 15.5. The molecule has 0 amide bonds. The third kappa shape index (κ3) is 4.75. The second-order valence-electron chi connectivity index (χ2n) is 16.2. The molecular weight excluding hydrogens is 831 g/mol. The molecule has 65 heavy (non-hydrogen) atoms. The van der Waals surface area contributed by atoms with Crippen LogP contribution in [0.5, 0.6) is 0 Å². The maximum Gasteiger partial charge on any atom is 0.157 e. The summed E-state index contributed by atoms with van der Waals surface area (Å²) in [6.45, 7) is 0.644. The fourth-order valence-corrected chi connectivity index (χ4v) is 11.4. The molecule has 0 N–H and O–H groups in total. The molecule has 5 aromatic carbocycles. The molecule has 9 aromatic heterocycles. The van der Waals surface area contributed by atoms with Gasteiger partial charge >= 0.3 is 0 Å². The van der Waals surface area contributed by atoms with Crippen LogP contribution < -0.4 is 0 Å². The predicted molar refractivity (Wildman–Crippen MR) is 253 cm³/mol. The maximum absolute atomic E-state index is 6.64. The Balaban J connectivity index is 0.941. The number of azo groups is 1. The molecule has 15 heteroatoms. The van der Waals surface area contributed by atoms with Gasteiger partial charge in [0.1, 0.15) is 27.8 Å². The van der Waals surface area contributed by atoms with Gasteiger partial charge in [-0.25, -0.2) is 0 Å². The topological polar surface area (TPSA) is 156 Å². The number of thiophene rings is 1. The van der Waals surface area contributed by atoms with E-state index in [0.29, 0.717) is 23.2 Å². The summed E-state index contributed by atoms with van der Waals surface area (Å²) in [4.78, 5) is 0. The Morgan fingerprint density at radius 1 is 0.523 bits per heavy atom. The number of hydrogen-bond acceptors (Lipinski definition) is 12. The van der Waals surface area contributed by atoms with Crippen LogP contribution in [0.1, 0.15) is 5.69 Å². The minimum absolute atomic E-state index is 0.644. The number of furan rings is 1. The molecule has 14 aromatic rings. The SMILES string of the molecule is c1cc(-n2c3ccccc3c3cc(-c4cc(-n5c6ccnnc6c6nnccc65)cc5c4oc4cnncc45)ccc32)c2sc3ccc(-n4c5c(c6nnccc64)N=NCC5)cc3c2c1. The molecule has 0 saturated carbocycles. The number of hydrogen-bond donors (Lipinski definition) is 0. The zero-order chi connectivity index (χ0) is 42.3. The third-order valence-corrected chi connectivity index (χ3v) is 14.1. The summed E-state index contributed by atoms with van der Waals surface area (Å²) < 4.78 is 15.9. The highest BCUT2D eigenvalue weighted by atomic mass is 32.1. The number of benzene rings is 5. The Bertz CT molecular complexity index is 4350. The van der Waals surface area contributed by atoms with Crippen molar-refractivity contribution in [3.8, 4) is 28.2 Å². The van der Waals surface area contributed by atoms with Crippen LogP contribution in [0, 0.1) is 0 Å².